The number of carboxylic acids is 1. The molecule has 2 fully saturated rings. The summed E-state index contributed by atoms with van der Waals surface area (Å²) in [6.07, 6.45) is -17.8. The molecule has 0 aliphatic carbocycles. The highest BCUT2D eigenvalue weighted by Crippen LogP contribution is 2.31. The van der Waals surface area contributed by atoms with Crippen LogP contribution in [0.4, 0.5) is 0 Å². The Morgan fingerprint density at radius 3 is 1.58 bits per heavy atom. The fourth-order valence-corrected chi connectivity index (χ4v) is 8.75. The fraction of sp³-hybridized carbons (Fsp3) is 0.750. The number of aliphatic hydroxyl groups excluding tert-OH is 7. The molecule has 38 nitrogen and oxygen atoms in total. The van der Waals surface area contributed by atoms with Gasteiger partial charge in [0.15, 0.2) is 12.6 Å². The van der Waals surface area contributed by atoms with Crippen molar-refractivity contribution in [3.8, 4) is 0 Å². The predicted molar refractivity (Wildman–Crippen MR) is 304 cm³/mol. The second kappa shape index (κ2) is 37.7. The molecule has 23 N–H and O–H groups in total. The molecule has 0 bridgehead atoms. The van der Waals surface area contributed by atoms with Gasteiger partial charge in [-0.25, -0.2) is 0 Å². The van der Waals surface area contributed by atoms with Gasteiger partial charge in [0.2, 0.25) is 70.9 Å². The first kappa shape index (κ1) is 78.7. The van der Waals surface area contributed by atoms with Crippen molar-refractivity contribution in [2.24, 2.45) is 11.5 Å². The topological polar surface area (TPSA) is 605 Å². The summed E-state index contributed by atoms with van der Waals surface area (Å²) in [5.74, 6) is -12.4. The lowest BCUT2D eigenvalue weighted by molar-refractivity contribution is -0.333. The van der Waals surface area contributed by atoms with Crippen molar-refractivity contribution >= 4 is 76.9 Å². The number of aliphatic hydroxyl groups is 7. The number of rotatable bonds is 36. The molecule has 21 unspecified atom stereocenters. The van der Waals surface area contributed by atoms with Gasteiger partial charge in [-0.3, -0.25) is 62.3 Å². The maximum absolute atomic E-state index is 13.7. The molecule has 2 aliphatic heterocycles. The highest BCUT2D eigenvalue weighted by molar-refractivity contribution is 5.96. The van der Waals surface area contributed by atoms with E-state index in [1.54, 1.807) is 0 Å². The van der Waals surface area contributed by atoms with Gasteiger partial charge in [-0.15, -0.1) is 0 Å². The zero-order valence-corrected chi connectivity index (χ0v) is 51.2. The van der Waals surface area contributed by atoms with Crippen molar-refractivity contribution in [2.75, 3.05) is 26.4 Å². The summed E-state index contributed by atoms with van der Waals surface area (Å²) in [6.45, 7) is 7.81. The monoisotopic (exact) mass is 1300 g/mol. The van der Waals surface area contributed by atoms with E-state index in [0.29, 0.717) is 0 Å². The van der Waals surface area contributed by atoms with E-state index < -0.39 is 237 Å². The first-order chi connectivity index (χ1) is 42.0. The molecule has 0 aromatic carbocycles. The van der Waals surface area contributed by atoms with Crippen molar-refractivity contribution in [1.29, 1.82) is 0 Å². The quantitative estimate of drug-likeness (QED) is 0.0259. The first-order valence-corrected chi connectivity index (χ1v) is 28.7. The van der Waals surface area contributed by atoms with Gasteiger partial charge in [0, 0.05) is 26.8 Å². The third-order valence-corrected chi connectivity index (χ3v) is 14.0. The highest BCUT2D eigenvalue weighted by atomic mass is 16.7. The van der Waals surface area contributed by atoms with E-state index >= 15 is 0 Å². The number of carboxylic acid groups (broad SMARTS) is 1. The number of amides is 12. The Kier molecular flexibility index (Phi) is 33.0. The number of carbonyl (C=O) groups is 13. The van der Waals surface area contributed by atoms with Crippen LogP contribution in [0.25, 0.3) is 0 Å². The van der Waals surface area contributed by atoms with Gasteiger partial charge in [-0.05, 0) is 74.1 Å². The number of hydrogen-bond donors (Lipinski definition) is 21. The summed E-state index contributed by atoms with van der Waals surface area (Å²) < 4.78 is 23.3. The molecule has 0 aromatic heterocycles. The lowest BCUT2D eigenvalue weighted by atomic mass is 9.94. The molecule has 2 saturated heterocycles. The van der Waals surface area contributed by atoms with Gasteiger partial charge in [0.05, 0.1) is 32.0 Å². The van der Waals surface area contributed by atoms with Crippen LogP contribution in [0.5, 0.6) is 0 Å². The van der Waals surface area contributed by atoms with Gasteiger partial charge in [0.1, 0.15) is 103 Å². The predicted octanol–water partition coefficient (Wildman–Crippen LogP) is -11.4. The molecule has 0 radical (unpaired) electrons. The maximum atomic E-state index is 13.7. The smallest absolute Gasteiger partial charge is 0.325 e. The third kappa shape index (κ3) is 24.8. The Bertz CT molecular complexity index is 2500. The van der Waals surface area contributed by atoms with Crippen LogP contribution in [0.2, 0.25) is 0 Å². The largest absolute Gasteiger partial charge is 0.480 e. The number of unbranched alkanes of at least 4 members (excludes halogenated alkanes) is 1. The van der Waals surface area contributed by atoms with Crippen LogP contribution in [-0.2, 0) is 81.3 Å². The first-order valence-electron chi connectivity index (χ1n) is 28.7. The van der Waals surface area contributed by atoms with Crippen molar-refractivity contribution < 1.29 is 122 Å². The molecular formula is C52H89N13O25. The summed E-state index contributed by atoms with van der Waals surface area (Å²) in [6, 6.07) is -15.8. The molecule has 0 spiro atoms. The Hall–Kier alpha value is -7.37. The molecule has 38 heteroatoms. The average molecular weight is 1300 g/mol. The van der Waals surface area contributed by atoms with Crippen molar-refractivity contribution in [2.45, 2.75) is 222 Å². The molecule has 0 saturated carbocycles. The van der Waals surface area contributed by atoms with Gasteiger partial charge < -0.3 is 130 Å². The summed E-state index contributed by atoms with van der Waals surface area (Å²) in [5, 5.41) is 107. The number of carbonyl (C=O) groups excluding carboxylic acids is 12. The molecule has 2 aliphatic rings. The highest BCUT2D eigenvalue weighted by Gasteiger charge is 2.53. The fourth-order valence-electron chi connectivity index (χ4n) is 8.75. The SMILES string of the molecule is CC(=O)NC1C(OC2C(CO)OC(O)C(NC(C)=O)C2OC(C)C(=O)NC(C)C(=O)NC(CCC(=O)NC(CCCCNC(=O)C(CO)NC(=O)C(C)NC(=O)C(NC(=O)C(C)N)C(C)O)C(=O)NC(C)C(=O)NC(C)C(=O)O)C(N)=O)OC(CO)C(O)C1O. The Balaban J connectivity index is 2.20. The number of nitrogens with one attached hydrogen (secondary N) is 11. The Labute approximate surface area is 516 Å². The van der Waals surface area contributed by atoms with Gasteiger partial charge in [-0.1, -0.05) is 0 Å². The number of aliphatic carboxylic acids is 1. The van der Waals surface area contributed by atoms with Crippen molar-refractivity contribution in [3.63, 3.8) is 0 Å². The van der Waals surface area contributed by atoms with Crippen molar-refractivity contribution in [1.82, 2.24) is 58.5 Å². The van der Waals surface area contributed by atoms with E-state index in [-0.39, 0.29) is 25.8 Å². The maximum Gasteiger partial charge on any atom is 0.325 e. The number of nitrogens with two attached hydrogens (primary N) is 2. The summed E-state index contributed by atoms with van der Waals surface area (Å²) in [4.78, 5) is 166. The minimum Gasteiger partial charge on any atom is -0.480 e. The van der Waals surface area contributed by atoms with E-state index in [1.165, 1.54) is 48.5 Å². The second-order valence-corrected chi connectivity index (χ2v) is 21.7. The van der Waals surface area contributed by atoms with Crippen LogP contribution < -0.4 is 70.0 Å². The van der Waals surface area contributed by atoms with Gasteiger partial charge in [-0.2, -0.15) is 0 Å². The molecule has 2 heterocycles. The normalized spacial score (nSPS) is 25.1. The van der Waals surface area contributed by atoms with Crippen LogP contribution in [0.1, 0.15) is 94.4 Å². The summed E-state index contributed by atoms with van der Waals surface area (Å²) in [5.41, 5.74) is 11.1. The van der Waals surface area contributed by atoms with Crippen molar-refractivity contribution in [3.05, 3.63) is 0 Å². The number of ether oxygens (including phenoxy) is 4. The van der Waals surface area contributed by atoms with E-state index in [1.807, 2.05) is 0 Å². The molecule has 2 rings (SSSR count). The summed E-state index contributed by atoms with van der Waals surface area (Å²) >= 11 is 0. The van der Waals surface area contributed by atoms with Crippen LogP contribution in [0.15, 0.2) is 0 Å². The summed E-state index contributed by atoms with van der Waals surface area (Å²) in [7, 11) is 0. The zero-order valence-electron chi connectivity index (χ0n) is 51.2. The molecule has 90 heavy (non-hydrogen) atoms. The lowest BCUT2D eigenvalue weighted by Gasteiger charge is -2.48. The van der Waals surface area contributed by atoms with Crippen LogP contribution >= 0.6 is 0 Å². The number of primary amides is 1. The molecule has 12 amide bonds. The van der Waals surface area contributed by atoms with Gasteiger partial charge in [0.25, 0.3) is 0 Å². The molecular weight excluding hydrogens is 1210 g/mol. The molecule has 512 valence electrons. The third-order valence-electron chi connectivity index (χ3n) is 14.0. The standard InChI is InChI=1S/C52H89N13O25/c1-19(53)42(76)65-34(24(6)69)49(83)58-22(4)45(79)64-30(16-66)47(81)55-15-11-10-12-29(48(82)57-20(2)43(77)59-23(5)50(84)85)62-33(72)14-13-28(41(54)75)63-44(78)21(3)56-46(80)25(7)87-40-36(61-27(9)71)51(86)88-32(18-68)39(40)90-52-35(60-26(8)70)38(74)37(73)31(17-67)89-52/h19-25,28-32,34-40,51-52,66-69,73-74,86H,10-18,53H2,1-9H3,(H2,54,75)(H,55,81)(H,56,80)(H,57,82)(H,58,83)(H,59,77)(H,60,70)(H,61,71)(H,62,72)(H,63,78)(H,64,79)(H,65,76)(H,84,85). The molecule has 21 atom stereocenters. The number of hydrogen-bond acceptors (Lipinski definition) is 25. The Morgan fingerprint density at radius 2 is 1.07 bits per heavy atom. The van der Waals surface area contributed by atoms with E-state index in [9.17, 15) is 103 Å². The lowest BCUT2D eigenvalue weighted by Crippen LogP contribution is -2.70. The Morgan fingerprint density at radius 1 is 0.544 bits per heavy atom. The van der Waals surface area contributed by atoms with E-state index in [0.717, 1.165) is 13.8 Å². The molecule has 0 aromatic rings. The van der Waals surface area contributed by atoms with Crippen LogP contribution in [-0.4, -0.2) is 272 Å². The second-order valence-electron chi connectivity index (χ2n) is 21.7. The van der Waals surface area contributed by atoms with E-state index in [2.05, 4.69) is 58.5 Å². The minimum absolute atomic E-state index is 0.0501. The van der Waals surface area contributed by atoms with Gasteiger partial charge >= 0.3 is 5.97 Å². The van der Waals surface area contributed by atoms with Crippen LogP contribution in [0.3, 0.4) is 0 Å². The zero-order chi connectivity index (χ0) is 68.6. The average Bonchev–Trinajstić information content (AvgIpc) is 1.19. The van der Waals surface area contributed by atoms with E-state index in [4.69, 9.17) is 30.4 Å². The minimum atomic E-state index is -1.93. The van der Waals surface area contributed by atoms with Crippen LogP contribution in [0, 0.1) is 0 Å².